The van der Waals surface area contributed by atoms with Crippen molar-refractivity contribution in [1.29, 1.82) is 0 Å². The predicted molar refractivity (Wildman–Crippen MR) is 83.3 cm³/mol. The molecule has 0 heterocycles. The van der Waals surface area contributed by atoms with Crippen LogP contribution in [0.5, 0.6) is 5.75 Å². The van der Waals surface area contributed by atoms with E-state index in [0.29, 0.717) is 24.5 Å². The lowest BCUT2D eigenvalue weighted by Gasteiger charge is -2.18. The molecule has 0 bridgehead atoms. The van der Waals surface area contributed by atoms with E-state index in [1.54, 1.807) is 12.1 Å². The van der Waals surface area contributed by atoms with E-state index in [-0.39, 0.29) is 11.9 Å². The fraction of sp³-hybridized carbons (Fsp3) is 0.235. The molecule has 110 valence electrons. The third kappa shape index (κ3) is 3.83. The van der Waals surface area contributed by atoms with Gasteiger partial charge in [-0.15, -0.1) is 0 Å². The smallest absolute Gasteiger partial charge is 0.255 e. The molecule has 4 heteroatoms. The number of amides is 1. The van der Waals surface area contributed by atoms with Gasteiger partial charge >= 0.3 is 0 Å². The zero-order valence-corrected chi connectivity index (χ0v) is 12.1. The van der Waals surface area contributed by atoms with Gasteiger partial charge in [0.1, 0.15) is 5.75 Å². The van der Waals surface area contributed by atoms with Crippen molar-refractivity contribution in [3.63, 3.8) is 0 Å². The van der Waals surface area contributed by atoms with Crippen LogP contribution in [-0.4, -0.2) is 19.1 Å². The van der Waals surface area contributed by atoms with E-state index in [0.717, 1.165) is 5.56 Å². The second kappa shape index (κ2) is 7.45. The molecule has 0 saturated carbocycles. The fourth-order valence-electron chi connectivity index (χ4n) is 2.14. The Labute approximate surface area is 124 Å². The number of para-hydroxylation sites is 1. The summed E-state index contributed by atoms with van der Waals surface area (Å²) in [7, 11) is 0. The molecule has 0 saturated heterocycles. The first-order chi connectivity index (χ1) is 10.3. The summed E-state index contributed by atoms with van der Waals surface area (Å²) in [5, 5.41) is 2.95. The minimum atomic E-state index is -0.214. The SMILES string of the molecule is CCOc1ccccc1C(=O)NC(CN)c1ccccc1. The highest BCUT2D eigenvalue weighted by Gasteiger charge is 2.17. The lowest BCUT2D eigenvalue weighted by atomic mass is 10.1. The van der Waals surface area contributed by atoms with Gasteiger partial charge in [-0.25, -0.2) is 0 Å². The number of hydrogen-bond donors (Lipinski definition) is 2. The average Bonchev–Trinajstić information content (AvgIpc) is 2.54. The Morgan fingerprint density at radius 1 is 1.14 bits per heavy atom. The van der Waals surface area contributed by atoms with Crippen LogP contribution in [0, 0.1) is 0 Å². The Balaban J connectivity index is 2.17. The summed E-state index contributed by atoms with van der Waals surface area (Å²) in [6.07, 6.45) is 0. The molecule has 1 amide bonds. The van der Waals surface area contributed by atoms with Crippen molar-refractivity contribution >= 4 is 5.91 Å². The molecule has 4 nitrogen and oxygen atoms in total. The standard InChI is InChI=1S/C17H20N2O2/c1-2-21-16-11-7-6-10-14(16)17(20)19-15(12-18)13-8-4-3-5-9-13/h3-11,15H,2,12,18H2,1H3,(H,19,20). The molecule has 0 fully saturated rings. The molecular weight excluding hydrogens is 264 g/mol. The maximum atomic E-state index is 12.4. The number of benzene rings is 2. The summed E-state index contributed by atoms with van der Waals surface area (Å²) in [4.78, 5) is 12.4. The maximum Gasteiger partial charge on any atom is 0.255 e. The molecule has 2 aromatic carbocycles. The van der Waals surface area contributed by atoms with Crippen molar-refractivity contribution in [1.82, 2.24) is 5.32 Å². The van der Waals surface area contributed by atoms with E-state index in [1.807, 2.05) is 49.4 Å². The topological polar surface area (TPSA) is 64.3 Å². The van der Waals surface area contributed by atoms with Gasteiger partial charge in [0.05, 0.1) is 18.2 Å². The zero-order chi connectivity index (χ0) is 15.1. The minimum Gasteiger partial charge on any atom is -0.493 e. The zero-order valence-electron chi connectivity index (χ0n) is 12.1. The van der Waals surface area contributed by atoms with Crippen LogP contribution in [0.2, 0.25) is 0 Å². The van der Waals surface area contributed by atoms with Gasteiger partial charge in [0, 0.05) is 6.54 Å². The summed E-state index contributed by atoms with van der Waals surface area (Å²) >= 11 is 0. The van der Waals surface area contributed by atoms with Crippen LogP contribution in [-0.2, 0) is 0 Å². The molecule has 1 unspecified atom stereocenters. The highest BCUT2D eigenvalue weighted by atomic mass is 16.5. The van der Waals surface area contributed by atoms with E-state index in [9.17, 15) is 4.79 Å². The van der Waals surface area contributed by atoms with Crippen LogP contribution >= 0.6 is 0 Å². The summed E-state index contributed by atoms with van der Waals surface area (Å²) in [5.41, 5.74) is 7.29. The molecule has 0 aliphatic rings. The van der Waals surface area contributed by atoms with E-state index >= 15 is 0 Å². The second-order valence-electron chi connectivity index (χ2n) is 4.60. The molecule has 0 aromatic heterocycles. The first kappa shape index (κ1) is 15.1. The normalized spacial score (nSPS) is 11.7. The summed E-state index contributed by atoms with van der Waals surface area (Å²) < 4.78 is 5.49. The number of carbonyl (C=O) groups is 1. The lowest BCUT2D eigenvalue weighted by Crippen LogP contribution is -2.33. The third-order valence-electron chi connectivity index (χ3n) is 3.17. The number of hydrogen-bond acceptors (Lipinski definition) is 3. The van der Waals surface area contributed by atoms with Crippen molar-refractivity contribution in [2.45, 2.75) is 13.0 Å². The highest BCUT2D eigenvalue weighted by molar-refractivity contribution is 5.97. The van der Waals surface area contributed by atoms with Crippen LogP contribution in [0.1, 0.15) is 28.9 Å². The van der Waals surface area contributed by atoms with Gasteiger partial charge in [-0.05, 0) is 24.6 Å². The lowest BCUT2D eigenvalue weighted by molar-refractivity contribution is 0.0934. The number of nitrogens with one attached hydrogen (secondary N) is 1. The Bertz CT molecular complexity index is 584. The largest absolute Gasteiger partial charge is 0.493 e. The molecule has 2 rings (SSSR count). The van der Waals surface area contributed by atoms with Crippen LogP contribution in [0.25, 0.3) is 0 Å². The Morgan fingerprint density at radius 2 is 1.81 bits per heavy atom. The van der Waals surface area contributed by atoms with Crippen LogP contribution in [0.3, 0.4) is 0 Å². The first-order valence-electron chi connectivity index (χ1n) is 7.04. The number of nitrogens with two attached hydrogens (primary N) is 1. The molecule has 0 spiro atoms. The van der Waals surface area contributed by atoms with E-state index in [1.165, 1.54) is 0 Å². The second-order valence-corrected chi connectivity index (χ2v) is 4.60. The van der Waals surface area contributed by atoms with Gasteiger partial charge in [0.25, 0.3) is 5.91 Å². The molecule has 2 aromatic rings. The van der Waals surface area contributed by atoms with E-state index in [2.05, 4.69) is 5.32 Å². The van der Waals surface area contributed by atoms with Gasteiger partial charge in [-0.1, -0.05) is 42.5 Å². The summed E-state index contributed by atoms with van der Waals surface area (Å²) in [6, 6.07) is 16.7. The van der Waals surface area contributed by atoms with Crippen LogP contribution < -0.4 is 15.8 Å². The van der Waals surface area contributed by atoms with Crippen molar-refractivity contribution in [2.24, 2.45) is 5.73 Å². The van der Waals surface area contributed by atoms with Crippen molar-refractivity contribution in [3.05, 3.63) is 65.7 Å². The van der Waals surface area contributed by atoms with Gasteiger partial charge in [0.15, 0.2) is 0 Å². The van der Waals surface area contributed by atoms with Crippen LogP contribution in [0.4, 0.5) is 0 Å². The Morgan fingerprint density at radius 3 is 2.48 bits per heavy atom. The summed E-state index contributed by atoms with van der Waals surface area (Å²) in [5.74, 6) is 0.402. The molecule has 0 aliphatic carbocycles. The molecule has 1 atom stereocenters. The summed E-state index contributed by atoms with van der Waals surface area (Å²) in [6.45, 7) is 2.75. The minimum absolute atomic E-state index is 0.182. The van der Waals surface area contributed by atoms with Crippen molar-refractivity contribution in [3.8, 4) is 5.75 Å². The number of rotatable bonds is 6. The average molecular weight is 284 g/mol. The number of ether oxygens (including phenoxy) is 1. The maximum absolute atomic E-state index is 12.4. The van der Waals surface area contributed by atoms with E-state index < -0.39 is 0 Å². The highest BCUT2D eigenvalue weighted by Crippen LogP contribution is 2.19. The van der Waals surface area contributed by atoms with Gasteiger partial charge in [-0.3, -0.25) is 4.79 Å². The Kier molecular flexibility index (Phi) is 5.35. The predicted octanol–water partition coefficient (Wildman–Crippen LogP) is 2.52. The van der Waals surface area contributed by atoms with Gasteiger partial charge in [-0.2, -0.15) is 0 Å². The molecule has 0 aliphatic heterocycles. The van der Waals surface area contributed by atoms with Crippen molar-refractivity contribution in [2.75, 3.05) is 13.2 Å². The number of carbonyl (C=O) groups excluding carboxylic acids is 1. The fourth-order valence-corrected chi connectivity index (χ4v) is 2.14. The third-order valence-corrected chi connectivity index (χ3v) is 3.17. The Hall–Kier alpha value is -2.33. The van der Waals surface area contributed by atoms with Crippen LogP contribution in [0.15, 0.2) is 54.6 Å². The molecule has 21 heavy (non-hydrogen) atoms. The van der Waals surface area contributed by atoms with Gasteiger partial charge in [0.2, 0.25) is 0 Å². The first-order valence-corrected chi connectivity index (χ1v) is 7.04. The molecular formula is C17H20N2O2. The van der Waals surface area contributed by atoms with E-state index in [4.69, 9.17) is 10.5 Å². The van der Waals surface area contributed by atoms with Crippen molar-refractivity contribution < 1.29 is 9.53 Å². The molecule has 3 N–H and O–H groups in total. The quantitative estimate of drug-likeness (QED) is 0.856. The monoisotopic (exact) mass is 284 g/mol. The molecule has 0 radical (unpaired) electrons. The van der Waals surface area contributed by atoms with Gasteiger partial charge < -0.3 is 15.8 Å².